The van der Waals surface area contributed by atoms with Crippen molar-refractivity contribution < 1.29 is 14.3 Å². The standard InChI is InChI=1S/C21H25NO3/c1-16-9-11-18(12-10-16)25-15-21(23)22-13-14-24-20-8-4-6-17-5-2-3-7-19(17)20/h4,6,8-12H,2-3,5,7,13-15H2,1H3,(H,22,23). The summed E-state index contributed by atoms with van der Waals surface area (Å²) in [5.41, 5.74) is 3.90. The number of amides is 1. The smallest absolute Gasteiger partial charge is 0.258 e. The minimum atomic E-state index is -0.140. The fraction of sp³-hybridized carbons (Fsp3) is 0.381. The number of carbonyl (C=O) groups is 1. The first-order valence-corrected chi connectivity index (χ1v) is 8.92. The number of rotatable bonds is 7. The van der Waals surface area contributed by atoms with Crippen LogP contribution in [0, 0.1) is 6.92 Å². The zero-order valence-corrected chi connectivity index (χ0v) is 14.7. The van der Waals surface area contributed by atoms with Crippen LogP contribution in [0.2, 0.25) is 0 Å². The summed E-state index contributed by atoms with van der Waals surface area (Å²) in [4.78, 5) is 11.8. The van der Waals surface area contributed by atoms with Gasteiger partial charge in [0.1, 0.15) is 18.1 Å². The Labute approximate surface area is 149 Å². The Morgan fingerprint density at radius 1 is 1.04 bits per heavy atom. The molecule has 2 aromatic rings. The molecule has 4 heteroatoms. The van der Waals surface area contributed by atoms with Crippen LogP contribution in [0.15, 0.2) is 42.5 Å². The summed E-state index contributed by atoms with van der Waals surface area (Å²) in [6.45, 7) is 2.97. The first-order valence-electron chi connectivity index (χ1n) is 8.92. The summed E-state index contributed by atoms with van der Waals surface area (Å²) >= 11 is 0. The Morgan fingerprint density at radius 3 is 2.68 bits per heavy atom. The number of benzene rings is 2. The number of hydrogen-bond donors (Lipinski definition) is 1. The third-order valence-electron chi connectivity index (χ3n) is 4.43. The van der Waals surface area contributed by atoms with Gasteiger partial charge in [0.2, 0.25) is 0 Å². The highest BCUT2D eigenvalue weighted by Crippen LogP contribution is 2.29. The molecule has 0 spiro atoms. The molecular formula is C21H25NO3. The Kier molecular flexibility index (Phi) is 5.94. The van der Waals surface area contributed by atoms with Gasteiger partial charge in [-0.3, -0.25) is 4.79 Å². The van der Waals surface area contributed by atoms with Crippen LogP contribution in [0.25, 0.3) is 0 Å². The third kappa shape index (κ3) is 4.99. The summed E-state index contributed by atoms with van der Waals surface area (Å²) in [6.07, 6.45) is 4.70. The van der Waals surface area contributed by atoms with Crippen molar-refractivity contribution in [1.82, 2.24) is 5.32 Å². The molecule has 1 amide bonds. The molecule has 0 saturated heterocycles. The summed E-state index contributed by atoms with van der Waals surface area (Å²) in [6, 6.07) is 13.9. The van der Waals surface area contributed by atoms with Gasteiger partial charge in [0, 0.05) is 0 Å². The number of nitrogens with one attached hydrogen (secondary N) is 1. The van der Waals surface area contributed by atoms with E-state index in [1.807, 2.05) is 43.3 Å². The number of fused-ring (bicyclic) bond motifs is 1. The highest BCUT2D eigenvalue weighted by atomic mass is 16.5. The molecule has 0 aromatic heterocycles. The molecule has 0 heterocycles. The van der Waals surface area contributed by atoms with Crippen LogP contribution < -0.4 is 14.8 Å². The maximum atomic E-state index is 11.8. The highest BCUT2D eigenvalue weighted by molar-refractivity contribution is 5.77. The molecule has 1 aliphatic carbocycles. The van der Waals surface area contributed by atoms with Crippen molar-refractivity contribution in [3.8, 4) is 11.5 Å². The Bertz CT molecular complexity index is 710. The molecule has 0 saturated carbocycles. The van der Waals surface area contributed by atoms with Crippen LogP contribution in [0.3, 0.4) is 0 Å². The van der Waals surface area contributed by atoms with Gasteiger partial charge in [0.25, 0.3) is 5.91 Å². The van der Waals surface area contributed by atoms with E-state index in [-0.39, 0.29) is 12.5 Å². The maximum Gasteiger partial charge on any atom is 0.258 e. The van der Waals surface area contributed by atoms with E-state index in [1.165, 1.54) is 24.0 Å². The lowest BCUT2D eigenvalue weighted by Crippen LogP contribution is -2.32. The van der Waals surface area contributed by atoms with Gasteiger partial charge in [-0.2, -0.15) is 0 Å². The fourth-order valence-electron chi connectivity index (χ4n) is 3.07. The summed E-state index contributed by atoms with van der Waals surface area (Å²) in [7, 11) is 0. The molecule has 0 bridgehead atoms. The first kappa shape index (κ1) is 17.3. The van der Waals surface area contributed by atoms with Crippen molar-refractivity contribution in [2.75, 3.05) is 19.8 Å². The molecule has 132 valence electrons. The van der Waals surface area contributed by atoms with E-state index in [4.69, 9.17) is 9.47 Å². The van der Waals surface area contributed by atoms with Crippen molar-refractivity contribution in [1.29, 1.82) is 0 Å². The topological polar surface area (TPSA) is 47.6 Å². The second kappa shape index (κ2) is 8.56. The van der Waals surface area contributed by atoms with Crippen molar-refractivity contribution in [3.63, 3.8) is 0 Å². The van der Waals surface area contributed by atoms with Gasteiger partial charge < -0.3 is 14.8 Å². The highest BCUT2D eigenvalue weighted by Gasteiger charge is 2.13. The molecule has 3 rings (SSSR count). The van der Waals surface area contributed by atoms with E-state index in [2.05, 4.69) is 11.4 Å². The van der Waals surface area contributed by atoms with E-state index in [0.29, 0.717) is 18.9 Å². The normalized spacial score (nSPS) is 13.0. The molecule has 4 nitrogen and oxygen atoms in total. The van der Waals surface area contributed by atoms with Crippen LogP contribution in [0.5, 0.6) is 11.5 Å². The minimum absolute atomic E-state index is 0.0177. The van der Waals surface area contributed by atoms with E-state index in [1.54, 1.807) is 0 Å². The van der Waals surface area contributed by atoms with Crippen LogP contribution in [-0.4, -0.2) is 25.7 Å². The van der Waals surface area contributed by atoms with Crippen LogP contribution in [-0.2, 0) is 17.6 Å². The molecule has 0 atom stereocenters. The lowest BCUT2D eigenvalue weighted by atomic mass is 9.91. The summed E-state index contributed by atoms with van der Waals surface area (Å²) in [5.74, 6) is 1.52. The Hall–Kier alpha value is -2.49. The van der Waals surface area contributed by atoms with Gasteiger partial charge in [0.05, 0.1) is 6.54 Å². The van der Waals surface area contributed by atoms with E-state index in [9.17, 15) is 4.79 Å². The summed E-state index contributed by atoms with van der Waals surface area (Å²) < 4.78 is 11.3. The third-order valence-corrected chi connectivity index (χ3v) is 4.43. The molecule has 0 fully saturated rings. The second-order valence-electron chi connectivity index (χ2n) is 6.40. The predicted octanol–water partition coefficient (Wildman–Crippen LogP) is 3.45. The van der Waals surface area contributed by atoms with Crippen molar-refractivity contribution in [2.24, 2.45) is 0 Å². The van der Waals surface area contributed by atoms with Gasteiger partial charge >= 0.3 is 0 Å². The van der Waals surface area contributed by atoms with E-state index in [0.717, 1.165) is 24.2 Å². The lowest BCUT2D eigenvalue weighted by Gasteiger charge is -2.19. The molecule has 1 aliphatic rings. The fourth-order valence-corrected chi connectivity index (χ4v) is 3.07. The van der Waals surface area contributed by atoms with Gasteiger partial charge in [-0.15, -0.1) is 0 Å². The van der Waals surface area contributed by atoms with Gasteiger partial charge in [0.15, 0.2) is 6.61 Å². The van der Waals surface area contributed by atoms with Crippen LogP contribution >= 0.6 is 0 Å². The van der Waals surface area contributed by atoms with Crippen molar-refractivity contribution in [2.45, 2.75) is 32.6 Å². The van der Waals surface area contributed by atoms with Crippen LogP contribution in [0.4, 0.5) is 0 Å². The number of carbonyl (C=O) groups excluding carboxylic acids is 1. The monoisotopic (exact) mass is 339 g/mol. The molecule has 1 N–H and O–H groups in total. The second-order valence-corrected chi connectivity index (χ2v) is 6.40. The zero-order chi connectivity index (χ0) is 17.5. The van der Waals surface area contributed by atoms with Crippen molar-refractivity contribution in [3.05, 3.63) is 59.2 Å². The molecule has 2 aromatic carbocycles. The van der Waals surface area contributed by atoms with E-state index < -0.39 is 0 Å². The van der Waals surface area contributed by atoms with Gasteiger partial charge in [-0.05, 0) is 61.9 Å². The average molecular weight is 339 g/mol. The largest absolute Gasteiger partial charge is 0.491 e. The molecule has 0 radical (unpaired) electrons. The Morgan fingerprint density at radius 2 is 1.84 bits per heavy atom. The lowest BCUT2D eigenvalue weighted by molar-refractivity contribution is -0.123. The average Bonchev–Trinajstić information content (AvgIpc) is 2.65. The van der Waals surface area contributed by atoms with E-state index >= 15 is 0 Å². The molecule has 0 aliphatic heterocycles. The predicted molar refractivity (Wildman–Crippen MR) is 98.3 cm³/mol. The number of hydrogen-bond acceptors (Lipinski definition) is 3. The molecule has 0 unspecified atom stereocenters. The number of ether oxygens (including phenoxy) is 2. The molecular weight excluding hydrogens is 314 g/mol. The SMILES string of the molecule is Cc1ccc(OCC(=O)NCCOc2cccc3c2CCCC3)cc1. The maximum absolute atomic E-state index is 11.8. The van der Waals surface area contributed by atoms with Gasteiger partial charge in [-0.1, -0.05) is 29.8 Å². The summed E-state index contributed by atoms with van der Waals surface area (Å²) in [5, 5.41) is 2.83. The zero-order valence-electron chi connectivity index (χ0n) is 14.7. The minimum Gasteiger partial charge on any atom is -0.491 e. The Balaban J connectivity index is 1.38. The number of aryl methyl sites for hydroxylation is 2. The van der Waals surface area contributed by atoms with Crippen LogP contribution in [0.1, 0.15) is 29.5 Å². The van der Waals surface area contributed by atoms with Gasteiger partial charge in [-0.25, -0.2) is 0 Å². The van der Waals surface area contributed by atoms with Crippen molar-refractivity contribution >= 4 is 5.91 Å². The first-order chi connectivity index (χ1) is 12.2. The molecule has 25 heavy (non-hydrogen) atoms. The quantitative estimate of drug-likeness (QED) is 0.786.